The molecular weight excluding hydrogens is 174 g/mol. The number of hydrogen-bond donors (Lipinski definition) is 2. The summed E-state index contributed by atoms with van der Waals surface area (Å²) in [5.41, 5.74) is 8.00. The average molecular weight is 193 g/mol. The minimum Gasteiger partial charge on any atom is -0.365 e. The molecule has 78 valence electrons. The summed E-state index contributed by atoms with van der Waals surface area (Å²) in [6, 6.07) is 1.98. The molecule has 0 unspecified atom stereocenters. The van der Waals surface area contributed by atoms with E-state index in [-0.39, 0.29) is 5.54 Å². The van der Waals surface area contributed by atoms with E-state index in [1.165, 1.54) is 5.56 Å². The number of nitrogens with one attached hydrogen (secondary N) is 1. The molecule has 3 nitrogen and oxygen atoms in total. The Labute approximate surface area is 85.7 Å². The van der Waals surface area contributed by atoms with Crippen molar-refractivity contribution < 1.29 is 0 Å². The highest BCUT2D eigenvalue weighted by Gasteiger charge is 2.13. The van der Waals surface area contributed by atoms with Crippen LogP contribution in [0.15, 0.2) is 12.3 Å². The van der Waals surface area contributed by atoms with Gasteiger partial charge in [-0.25, -0.2) is 4.98 Å². The molecule has 0 amide bonds. The molecule has 0 saturated heterocycles. The number of nitrogens with zero attached hydrogens (tertiary/aromatic N) is 1. The number of anilines is 1. The van der Waals surface area contributed by atoms with Crippen LogP contribution < -0.4 is 11.1 Å². The van der Waals surface area contributed by atoms with Crippen LogP contribution in [0.5, 0.6) is 0 Å². The Bertz CT molecular complexity index is 313. The third kappa shape index (κ3) is 2.70. The number of aromatic nitrogens is 1. The second-order valence-corrected chi connectivity index (χ2v) is 4.53. The summed E-state index contributed by atoms with van der Waals surface area (Å²) in [6.07, 6.45) is 1.81. The van der Waals surface area contributed by atoms with E-state index in [2.05, 4.69) is 38.0 Å². The second-order valence-electron chi connectivity index (χ2n) is 4.53. The van der Waals surface area contributed by atoms with E-state index in [4.69, 9.17) is 5.73 Å². The largest absolute Gasteiger partial charge is 0.365 e. The van der Waals surface area contributed by atoms with E-state index in [9.17, 15) is 0 Å². The number of nitrogens with two attached hydrogens (primary N) is 1. The lowest BCUT2D eigenvalue weighted by Crippen LogP contribution is -2.28. The Hall–Kier alpha value is -1.09. The Kier molecular flexibility index (Phi) is 3.11. The van der Waals surface area contributed by atoms with Crippen LogP contribution >= 0.6 is 0 Å². The lowest BCUT2D eigenvalue weighted by Gasteiger charge is -2.23. The zero-order chi connectivity index (χ0) is 10.8. The Morgan fingerprint density at radius 2 is 2.07 bits per heavy atom. The van der Waals surface area contributed by atoms with Gasteiger partial charge >= 0.3 is 0 Å². The first-order chi connectivity index (χ1) is 6.44. The smallest absolute Gasteiger partial charge is 0.131 e. The lowest BCUT2D eigenvalue weighted by atomic mass is 10.1. The standard InChI is InChI=1S/C11H19N3/c1-8-5-6-13-10(9(8)7-12)14-11(2,3)4/h5-6H,7,12H2,1-4H3,(H,13,14). The Morgan fingerprint density at radius 3 is 2.57 bits per heavy atom. The maximum absolute atomic E-state index is 5.69. The molecule has 1 heterocycles. The van der Waals surface area contributed by atoms with Gasteiger partial charge in [0.2, 0.25) is 0 Å². The molecule has 3 heteroatoms. The van der Waals surface area contributed by atoms with E-state index < -0.39 is 0 Å². The summed E-state index contributed by atoms with van der Waals surface area (Å²) >= 11 is 0. The van der Waals surface area contributed by atoms with Crippen molar-refractivity contribution in [3.63, 3.8) is 0 Å². The summed E-state index contributed by atoms with van der Waals surface area (Å²) in [5.74, 6) is 0.903. The van der Waals surface area contributed by atoms with Crippen LogP contribution in [0.1, 0.15) is 31.9 Å². The summed E-state index contributed by atoms with van der Waals surface area (Å²) < 4.78 is 0. The number of aryl methyl sites for hydroxylation is 1. The van der Waals surface area contributed by atoms with E-state index in [1.807, 2.05) is 12.3 Å². The molecule has 0 spiro atoms. The predicted octanol–water partition coefficient (Wildman–Crippen LogP) is 2.06. The highest BCUT2D eigenvalue weighted by molar-refractivity contribution is 5.49. The van der Waals surface area contributed by atoms with Crippen LogP contribution in [0.2, 0.25) is 0 Å². The molecule has 3 N–H and O–H groups in total. The third-order valence-corrected chi connectivity index (χ3v) is 1.99. The van der Waals surface area contributed by atoms with Gasteiger partial charge in [0.25, 0.3) is 0 Å². The molecule has 0 aliphatic carbocycles. The van der Waals surface area contributed by atoms with E-state index in [0.29, 0.717) is 6.54 Å². The van der Waals surface area contributed by atoms with Gasteiger partial charge in [-0.1, -0.05) is 0 Å². The molecule has 0 aromatic carbocycles. The van der Waals surface area contributed by atoms with Gasteiger partial charge in [0.15, 0.2) is 0 Å². The molecule has 0 atom stereocenters. The van der Waals surface area contributed by atoms with Crippen LogP contribution in [0.25, 0.3) is 0 Å². The summed E-state index contributed by atoms with van der Waals surface area (Å²) in [5, 5.41) is 3.35. The first-order valence-corrected chi connectivity index (χ1v) is 4.87. The topological polar surface area (TPSA) is 50.9 Å². The predicted molar refractivity (Wildman–Crippen MR) is 60.2 cm³/mol. The SMILES string of the molecule is Cc1ccnc(NC(C)(C)C)c1CN. The highest BCUT2D eigenvalue weighted by atomic mass is 15.0. The lowest BCUT2D eigenvalue weighted by molar-refractivity contribution is 0.628. The third-order valence-electron chi connectivity index (χ3n) is 1.99. The second kappa shape index (κ2) is 3.96. The monoisotopic (exact) mass is 193 g/mol. The first-order valence-electron chi connectivity index (χ1n) is 4.87. The fourth-order valence-electron chi connectivity index (χ4n) is 1.31. The van der Waals surface area contributed by atoms with Crippen molar-refractivity contribution in [3.05, 3.63) is 23.4 Å². The van der Waals surface area contributed by atoms with Crippen molar-refractivity contribution in [1.29, 1.82) is 0 Å². The fourth-order valence-corrected chi connectivity index (χ4v) is 1.31. The minimum absolute atomic E-state index is 0.0186. The van der Waals surface area contributed by atoms with Gasteiger partial charge in [0, 0.05) is 23.8 Å². The molecule has 1 aromatic rings. The van der Waals surface area contributed by atoms with E-state index >= 15 is 0 Å². The normalized spacial score (nSPS) is 11.5. The van der Waals surface area contributed by atoms with Crippen LogP contribution in [-0.4, -0.2) is 10.5 Å². The molecule has 1 rings (SSSR count). The number of rotatable bonds is 2. The quantitative estimate of drug-likeness (QED) is 0.756. The van der Waals surface area contributed by atoms with Crippen molar-refractivity contribution in [3.8, 4) is 0 Å². The molecular formula is C11H19N3. The molecule has 14 heavy (non-hydrogen) atoms. The van der Waals surface area contributed by atoms with Gasteiger partial charge in [-0.3, -0.25) is 0 Å². The van der Waals surface area contributed by atoms with Crippen molar-refractivity contribution in [2.75, 3.05) is 5.32 Å². The molecule has 0 aliphatic heterocycles. The van der Waals surface area contributed by atoms with Crippen molar-refractivity contribution in [2.24, 2.45) is 5.73 Å². The van der Waals surface area contributed by atoms with Gasteiger partial charge in [-0.05, 0) is 39.3 Å². The average Bonchev–Trinajstić information content (AvgIpc) is 2.01. The van der Waals surface area contributed by atoms with Gasteiger partial charge in [-0.2, -0.15) is 0 Å². The van der Waals surface area contributed by atoms with Crippen molar-refractivity contribution in [1.82, 2.24) is 4.98 Å². The summed E-state index contributed by atoms with van der Waals surface area (Å²) in [6.45, 7) is 8.90. The Balaban J connectivity index is 3.02. The van der Waals surface area contributed by atoms with Crippen LogP contribution in [-0.2, 0) is 6.54 Å². The maximum Gasteiger partial charge on any atom is 0.131 e. The molecule has 0 bridgehead atoms. The number of pyridine rings is 1. The van der Waals surface area contributed by atoms with Crippen LogP contribution in [0.4, 0.5) is 5.82 Å². The van der Waals surface area contributed by atoms with Crippen LogP contribution in [0.3, 0.4) is 0 Å². The van der Waals surface area contributed by atoms with Crippen molar-refractivity contribution in [2.45, 2.75) is 39.8 Å². The minimum atomic E-state index is 0.0186. The number of hydrogen-bond acceptors (Lipinski definition) is 3. The van der Waals surface area contributed by atoms with Crippen LogP contribution in [0, 0.1) is 6.92 Å². The summed E-state index contributed by atoms with van der Waals surface area (Å²) in [7, 11) is 0. The van der Waals surface area contributed by atoms with Gasteiger partial charge in [0.05, 0.1) is 0 Å². The van der Waals surface area contributed by atoms with Crippen molar-refractivity contribution >= 4 is 5.82 Å². The van der Waals surface area contributed by atoms with Gasteiger partial charge in [0.1, 0.15) is 5.82 Å². The zero-order valence-corrected chi connectivity index (χ0v) is 9.39. The maximum atomic E-state index is 5.69. The first kappa shape index (κ1) is 11.0. The van der Waals surface area contributed by atoms with E-state index in [1.54, 1.807) is 0 Å². The molecule has 0 radical (unpaired) electrons. The molecule has 1 aromatic heterocycles. The molecule has 0 aliphatic rings. The van der Waals surface area contributed by atoms with Gasteiger partial charge in [-0.15, -0.1) is 0 Å². The summed E-state index contributed by atoms with van der Waals surface area (Å²) in [4.78, 5) is 4.30. The molecule has 0 saturated carbocycles. The van der Waals surface area contributed by atoms with Gasteiger partial charge < -0.3 is 11.1 Å². The van der Waals surface area contributed by atoms with E-state index in [0.717, 1.165) is 11.4 Å². The zero-order valence-electron chi connectivity index (χ0n) is 9.39. The molecule has 0 fully saturated rings. The Morgan fingerprint density at radius 1 is 1.43 bits per heavy atom. The fraction of sp³-hybridized carbons (Fsp3) is 0.545. The highest BCUT2D eigenvalue weighted by Crippen LogP contribution is 2.19.